The van der Waals surface area contributed by atoms with Crippen LogP contribution in [0.3, 0.4) is 0 Å². The number of carbonyl (C=O) groups excluding carboxylic acids is 1. The predicted molar refractivity (Wildman–Crippen MR) is 105 cm³/mol. The first kappa shape index (κ1) is 16.3. The highest BCUT2D eigenvalue weighted by molar-refractivity contribution is 6.02. The highest BCUT2D eigenvalue weighted by Crippen LogP contribution is 2.24. The number of amides is 1. The maximum absolute atomic E-state index is 12.4. The number of hydrogen-bond acceptors (Lipinski definition) is 3. The number of hydrogen-bond donors (Lipinski definition) is 1. The molecule has 3 aromatic rings. The zero-order chi connectivity index (χ0) is 17.9. The molecule has 4 rings (SSSR count). The largest absolute Gasteiger partial charge is 0.366 e. The molecule has 26 heavy (non-hydrogen) atoms. The molecule has 130 valence electrons. The molecule has 1 aliphatic heterocycles. The van der Waals surface area contributed by atoms with Gasteiger partial charge in [0.1, 0.15) is 5.69 Å². The van der Waals surface area contributed by atoms with Gasteiger partial charge in [0.15, 0.2) is 0 Å². The number of aromatic nitrogens is 1. The number of rotatable bonds is 3. The number of nitrogens with zero attached hydrogens (tertiary/aromatic N) is 2. The Morgan fingerprint density at radius 2 is 1.77 bits per heavy atom. The molecule has 1 N–H and O–H groups in total. The van der Waals surface area contributed by atoms with Gasteiger partial charge in [-0.1, -0.05) is 42.0 Å². The Morgan fingerprint density at radius 3 is 2.50 bits per heavy atom. The van der Waals surface area contributed by atoms with E-state index in [4.69, 9.17) is 0 Å². The van der Waals surface area contributed by atoms with Crippen LogP contribution in [0.25, 0.3) is 0 Å². The molecule has 0 bridgehead atoms. The van der Waals surface area contributed by atoms with Gasteiger partial charge in [-0.25, -0.2) is 4.98 Å². The summed E-state index contributed by atoms with van der Waals surface area (Å²) in [6, 6.07) is 20.1. The summed E-state index contributed by atoms with van der Waals surface area (Å²) in [6.07, 6.45) is 2.82. The minimum absolute atomic E-state index is 0.190. The number of pyridine rings is 1. The summed E-state index contributed by atoms with van der Waals surface area (Å²) in [5, 5.41) is 2.88. The first-order valence-corrected chi connectivity index (χ1v) is 8.85. The van der Waals surface area contributed by atoms with Crippen LogP contribution < -0.4 is 10.2 Å². The van der Waals surface area contributed by atoms with Crippen molar-refractivity contribution < 1.29 is 4.79 Å². The second-order valence-electron chi connectivity index (χ2n) is 6.66. The van der Waals surface area contributed by atoms with Gasteiger partial charge in [-0.15, -0.1) is 0 Å². The van der Waals surface area contributed by atoms with Crippen molar-refractivity contribution in [3.8, 4) is 0 Å². The van der Waals surface area contributed by atoms with Crippen molar-refractivity contribution in [2.24, 2.45) is 0 Å². The quantitative estimate of drug-likeness (QED) is 0.775. The SMILES string of the molecule is Cc1ccc(NC(=O)c2ccc(N3CCc4ccccc4C3)cn2)cc1. The Hall–Kier alpha value is -3.14. The molecule has 1 aliphatic rings. The van der Waals surface area contributed by atoms with Gasteiger partial charge >= 0.3 is 0 Å². The lowest BCUT2D eigenvalue weighted by Gasteiger charge is -2.30. The average molecular weight is 343 g/mol. The Labute approximate surface area is 153 Å². The van der Waals surface area contributed by atoms with Crippen molar-refractivity contribution in [3.05, 3.63) is 89.2 Å². The maximum Gasteiger partial charge on any atom is 0.274 e. The summed E-state index contributed by atoms with van der Waals surface area (Å²) in [5.74, 6) is -0.190. The first-order chi connectivity index (χ1) is 12.7. The van der Waals surface area contributed by atoms with Gasteiger partial charge in [-0.2, -0.15) is 0 Å². The molecule has 0 saturated heterocycles. The van der Waals surface area contributed by atoms with Crippen molar-refractivity contribution in [1.29, 1.82) is 0 Å². The second kappa shape index (κ2) is 7.00. The Balaban J connectivity index is 1.45. The molecule has 0 atom stereocenters. The summed E-state index contributed by atoms with van der Waals surface area (Å²) in [6.45, 7) is 3.87. The topological polar surface area (TPSA) is 45.2 Å². The summed E-state index contributed by atoms with van der Waals surface area (Å²) < 4.78 is 0. The minimum Gasteiger partial charge on any atom is -0.366 e. The molecule has 0 saturated carbocycles. The van der Waals surface area contributed by atoms with Crippen molar-refractivity contribution in [2.45, 2.75) is 19.9 Å². The second-order valence-corrected chi connectivity index (χ2v) is 6.66. The van der Waals surface area contributed by atoms with Crippen LogP contribution in [0.5, 0.6) is 0 Å². The van der Waals surface area contributed by atoms with E-state index in [1.165, 1.54) is 11.1 Å². The van der Waals surface area contributed by atoms with Gasteiger partial charge < -0.3 is 10.2 Å². The van der Waals surface area contributed by atoms with Crippen LogP contribution in [0.4, 0.5) is 11.4 Å². The van der Waals surface area contributed by atoms with Crippen LogP contribution in [0.2, 0.25) is 0 Å². The number of aryl methyl sites for hydroxylation is 1. The van der Waals surface area contributed by atoms with Gasteiger partial charge in [0.2, 0.25) is 0 Å². The third-order valence-corrected chi connectivity index (χ3v) is 4.79. The van der Waals surface area contributed by atoms with Crippen LogP contribution >= 0.6 is 0 Å². The van der Waals surface area contributed by atoms with E-state index in [0.717, 1.165) is 36.4 Å². The van der Waals surface area contributed by atoms with Crippen LogP contribution in [-0.4, -0.2) is 17.4 Å². The number of anilines is 2. The van der Waals surface area contributed by atoms with Gasteiger partial charge in [0.25, 0.3) is 5.91 Å². The third kappa shape index (κ3) is 3.45. The van der Waals surface area contributed by atoms with Gasteiger partial charge in [0.05, 0.1) is 11.9 Å². The lowest BCUT2D eigenvalue weighted by atomic mass is 10.00. The van der Waals surface area contributed by atoms with E-state index in [1.807, 2.05) is 37.3 Å². The van der Waals surface area contributed by atoms with Crippen molar-refractivity contribution in [3.63, 3.8) is 0 Å². The molecule has 1 amide bonds. The number of nitrogens with one attached hydrogen (secondary N) is 1. The fourth-order valence-corrected chi connectivity index (χ4v) is 3.26. The first-order valence-electron chi connectivity index (χ1n) is 8.85. The zero-order valence-electron chi connectivity index (χ0n) is 14.8. The predicted octanol–water partition coefficient (Wildman–Crippen LogP) is 4.21. The van der Waals surface area contributed by atoms with E-state index < -0.39 is 0 Å². The molecule has 4 nitrogen and oxygen atoms in total. The Morgan fingerprint density at radius 1 is 1.00 bits per heavy atom. The maximum atomic E-state index is 12.4. The Kier molecular flexibility index (Phi) is 4.40. The fourth-order valence-electron chi connectivity index (χ4n) is 3.26. The summed E-state index contributed by atoms with van der Waals surface area (Å²) in [7, 11) is 0. The molecule has 0 fully saturated rings. The average Bonchev–Trinajstić information content (AvgIpc) is 2.69. The van der Waals surface area contributed by atoms with Crippen molar-refractivity contribution in [2.75, 3.05) is 16.8 Å². The standard InChI is InChI=1S/C22H21N3O/c1-16-6-8-19(9-7-16)24-22(26)21-11-10-20(14-23-21)25-13-12-17-4-2-3-5-18(17)15-25/h2-11,14H,12-13,15H2,1H3,(H,24,26). The summed E-state index contributed by atoms with van der Waals surface area (Å²) in [5.41, 5.74) is 6.19. The summed E-state index contributed by atoms with van der Waals surface area (Å²) in [4.78, 5) is 19.0. The van der Waals surface area contributed by atoms with Gasteiger partial charge in [0, 0.05) is 18.8 Å². The van der Waals surface area contributed by atoms with Crippen LogP contribution in [0.15, 0.2) is 66.9 Å². The minimum atomic E-state index is -0.190. The van der Waals surface area contributed by atoms with Crippen LogP contribution in [0.1, 0.15) is 27.2 Å². The third-order valence-electron chi connectivity index (χ3n) is 4.79. The fraction of sp³-hybridized carbons (Fsp3) is 0.182. The van der Waals surface area contributed by atoms with E-state index in [0.29, 0.717) is 5.69 Å². The number of fused-ring (bicyclic) bond motifs is 1. The smallest absolute Gasteiger partial charge is 0.274 e. The van der Waals surface area contributed by atoms with Gasteiger partial charge in [-0.05, 0) is 48.7 Å². The molecule has 2 heterocycles. The lowest BCUT2D eigenvalue weighted by molar-refractivity contribution is 0.102. The van der Waals surface area contributed by atoms with E-state index in [1.54, 1.807) is 12.3 Å². The highest BCUT2D eigenvalue weighted by Gasteiger charge is 2.17. The molecule has 2 aromatic carbocycles. The summed E-state index contributed by atoms with van der Waals surface area (Å²) >= 11 is 0. The van der Waals surface area contributed by atoms with E-state index >= 15 is 0 Å². The zero-order valence-corrected chi connectivity index (χ0v) is 14.8. The molecule has 0 aliphatic carbocycles. The van der Waals surface area contributed by atoms with Crippen molar-refractivity contribution >= 4 is 17.3 Å². The molecule has 0 spiro atoms. The Bertz CT molecular complexity index is 917. The monoisotopic (exact) mass is 343 g/mol. The number of benzene rings is 2. The highest BCUT2D eigenvalue weighted by atomic mass is 16.1. The van der Waals surface area contributed by atoms with E-state index in [9.17, 15) is 4.79 Å². The molecular formula is C22H21N3O. The van der Waals surface area contributed by atoms with Crippen LogP contribution in [0, 0.1) is 6.92 Å². The molecule has 0 radical (unpaired) electrons. The van der Waals surface area contributed by atoms with E-state index in [-0.39, 0.29) is 5.91 Å². The lowest BCUT2D eigenvalue weighted by Crippen LogP contribution is -2.30. The normalized spacial score (nSPS) is 13.2. The van der Waals surface area contributed by atoms with Crippen molar-refractivity contribution in [1.82, 2.24) is 4.98 Å². The molecule has 4 heteroatoms. The van der Waals surface area contributed by atoms with Gasteiger partial charge in [-0.3, -0.25) is 4.79 Å². The molecule has 0 unspecified atom stereocenters. The molecular weight excluding hydrogens is 322 g/mol. The van der Waals surface area contributed by atoms with Crippen LogP contribution in [-0.2, 0) is 13.0 Å². The molecule has 1 aromatic heterocycles. The number of carbonyl (C=O) groups is 1. The van der Waals surface area contributed by atoms with E-state index in [2.05, 4.69) is 39.5 Å².